The fraction of sp³-hybridized carbons (Fsp3) is 0.688. The number of rotatable bonds is 4. The van der Waals surface area contributed by atoms with Crippen LogP contribution < -0.4 is 4.90 Å². The molecule has 1 aromatic heterocycles. The summed E-state index contributed by atoms with van der Waals surface area (Å²) in [6.45, 7) is 5.74. The van der Waals surface area contributed by atoms with Crippen molar-refractivity contribution in [3.8, 4) is 0 Å². The zero-order valence-corrected chi connectivity index (χ0v) is 13.4. The molecule has 2 fully saturated rings. The zero-order chi connectivity index (χ0) is 15.6. The molecule has 0 unspecified atom stereocenters. The summed E-state index contributed by atoms with van der Waals surface area (Å²) in [5.41, 5.74) is 0.673. The molecular weight excluding hydrogens is 280 g/mol. The number of piperidine rings is 1. The molecule has 0 aliphatic carbocycles. The molecule has 3 rings (SSSR count). The molecule has 0 N–H and O–H groups in total. The summed E-state index contributed by atoms with van der Waals surface area (Å²) in [5.74, 6) is 1.18. The van der Waals surface area contributed by atoms with Gasteiger partial charge in [0.2, 0.25) is 5.91 Å². The van der Waals surface area contributed by atoms with E-state index in [1.54, 1.807) is 19.5 Å². The molecule has 2 aliphatic rings. The van der Waals surface area contributed by atoms with Crippen molar-refractivity contribution in [2.75, 3.05) is 44.8 Å². The number of aryl methyl sites for hydroxylation is 1. The van der Waals surface area contributed by atoms with Crippen LogP contribution in [0.3, 0.4) is 0 Å². The standard InChI is InChI=1S/C16H24N4O2/c1-13-10-17-11-14(18-13)20-7-5-16(12-20)4-3-6-19(15(16)21)8-9-22-2/h10-11H,3-9,12H2,1-2H3/t16-/m0/s1. The normalized spacial score (nSPS) is 25.3. The van der Waals surface area contributed by atoms with Gasteiger partial charge in [-0.05, 0) is 26.2 Å². The van der Waals surface area contributed by atoms with Gasteiger partial charge in [-0.2, -0.15) is 0 Å². The van der Waals surface area contributed by atoms with Gasteiger partial charge in [0.1, 0.15) is 5.82 Å². The van der Waals surface area contributed by atoms with Gasteiger partial charge < -0.3 is 14.5 Å². The maximum atomic E-state index is 12.9. The quantitative estimate of drug-likeness (QED) is 0.838. The molecule has 2 saturated heterocycles. The summed E-state index contributed by atoms with van der Waals surface area (Å²) in [6.07, 6.45) is 6.51. The lowest BCUT2D eigenvalue weighted by molar-refractivity contribution is -0.145. The second-order valence-electron chi connectivity index (χ2n) is 6.36. The van der Waals surface area contributed by atoms with E-state index in [0.29, 0.717) is 19.1 Å². The van der Waals surface area contributed by atoms with Crippen LogP contribution in [0.25, 0.3) is 0 Å². The predicted octanol–water partition coefficient (Wildman–Crippen LogP) is 1.25. The highest BCUT2D eigenvalue weighted by molar-refractivity contribution is 5.85. The van der Waals surface area contributed by atoms with Crippen molar-refractivity contribution in [3.05, 3.63) is 18.1 Å². The van der Waals surface area contributed by atoms with Crippen molar-refractivity contribution < 1.29 is 9.53 Å². The summed E-state index contributed by atoms with van der Waals surface area (Å²) in [7, 11) is 1.68. The van der Waals surface area contributed by atoms with E-state index in [1.807, 2.05) is 11.8 Å². The van der Waals surface area contributed by atoms with E-state index in [4.69, 9.17) is 4.74 Å². The van der Waals surface area contributed by atoms with Gasteiger partial charge >= 0.3 is 0 Å². The highest BCUT2D eigenvalue weighted by atomic mass is 16.5. The number of likely N-dealkylation sites (tertiary alicyclic amines) is 1. The molecular formula is C16H24N4O2. The van der Waals surface area contributed by atoms with Crippen LogP contribution in [0.4, 0.5) is 5.82 Å². The third-order valence-corrected chi connectivity index (χ3v) is 4.81. The average molecular weight is 304 g/mol. The van der Waals surface area contributed by atoms with Gasteiger partial charge in [-0.15, -0.1) is 0 Å². The molecule has 0 bridgehead atoms. The molecule has 120 valence electrons. The van der Waals surface area contributed by atoms with Crippen molar-refractivity contribution in [1.29, 1.82) is 0 Å². The first-order valence-corrected chi connectivity index (χ1v) is 7.96. The van der Waals surface area contributed by atoms with Gasteiger partial charge in [-0.3, -0.25) is 9.78 Å². The number of nitrogens with zero attached hydrogens (tertiary/aromatic N) is 4. The van der Waals surface area contributed by atoms with Gasteiger partial charge in [0.25, 0.3) is 0 Å². The van der Waals surface area contributed by atoms with Crippen LogP contribution in [0.15, 0.2) is 12.4 Å². The highest BCUT2D eigenvalue weighted by Crippen LogP contribution is 2.41. The number of hydrogen-bond donors (Lipinski definition) is 0. The van der Waals surface area contributed by atoms with Gasteiger partial charge in [0.05, 0.1) is 23.9 Å². The van der Waals surface area contributed by atoms with Gasteiger partial charge in [-0.25, -0.2) is 4.98 Å². The van der Waals surface area contributed by atoms with Crippen molar-refractivity contribution >= 4 is 11.7 Å². The molecule has 3 heterocycles. The second-order valence-corrected chi connectivity index (χ2v) is 6.36. The van der Waals surface area contributed by atoms with Crippen LogP contribution in [0, 0.1) is 12.3 Å². The van der Waals surface area contributed by atoms with E-state index >= 15 is 0 Å². The molecule has 6 heteroatoms. The number of amides is 1. The predicted molar refractivity (Wildman–Crippen MR) is 83.7 cm³/mol. The maximum absolute atomic E-state index is 12.9. The first-order chi connectivity index (χ1) is 10.6. The third-order valence-electron chi connectivity index (χ3n) is 4.81. The lowest BCUT2D eigenvalue weighted by Crippen LogP contribution is -2.51. The van der Waals surface area contributed by atoms with E-state index < -0.39 is 0 Å². The molecule has 0 radical (unpaired) electrons. The van der Waals surface area contributed by atoms with E-state index in [-0.39, 0.29) is 5.41 Å². The Bertz CT molecular complexity index is 551. The summed E-state index contributed by atoms with van der Waals surface area (Å²) < 4.78 is 5.13. The number of anilines is 1. The fourth-order valence-corrected chi connectivity index (χ4v) is 3.62. The molecule has 0 saturated carbocycles. The van der Waals surface area contributed by atoms with Crippen molar-refractivity contribution in [2.45, 2.75) is 26.2 Å². The first-order valence-electron chi connectivity index (χ1n) is 7.96. The van der Waals surface area contributed by atoms with E-state index in [2.05, 4.69) is 14.9 Å². The Balaban J connectivity index is 1.73. The Morgan fingerprint density at radius 1 is 1.32 bits per heavy atom. The number of carbonyl (C=O) groups excluding carboxylic acids is 1. The lowest BCUT2D eigenvalue weighted by atomic mass is 9.78. The van der Waals surface area contributed by atoms with Crippen molar-refractivity contribution in [2.24, 2.45) is 5.41 Å². The van der Waals surface area contributed by atoms with Gasteiger partial charge in [-0.1, -0.05) is 0 Å². The minimum atomic E-state index is -0.239. The summed E-state index contributed by atoms with van der Waals surface area (Å²) in [5, 5.41) is 0. The summed E-state index contributed by atoms with van der Waals surface area (Å²) >= 11 is 0. The van der Waals surface area contributed by atoms with Crippen LogP contribution in [-0.2, 0) is 9.53 Å². The first kappa shape index (κ1) is 15.2. The second kappa shape index (κ2) is 6.20. The van der Waals surface area contributed by atoms with Gasteiger partial charge in [0, 0.05) is 39.5 Å². The Morgan fingerprint density at radius 3 is 2.95 bits per heavy atom. The average Bonchev–Trinajstić information content (AvgIpc) is 2.94. The van der Waals surface area contributed by atoms with E-state index in [9.17, 15) is 4.79 Å². The fourth-order valence-electron chi connectivity index (χ4n) is 3.62. The monoisotopic (exact) mass is 304 g/mol. The molecule has 1 aromatic rings. The SMILES string of the molecule is COCCN1CCC[C@@]2(CCN(c3cncc(C)n3)C2)C1=O. The number of methoxy groups -OCH3 is 1. The largest absolute Gasteiger partial charge is 0.383 e. The smallest absolute Gasteiger partial charge is 0.230 e. The minimum absolute atomic E-state index is 0.239. The molecule has 0 aromatic carbocycles. The summed E-state index contributed by atoms with van der Waals surface area (Å²) in [6, 6.07) is 0. The van der Waals surface area contributed by atoms with Crippen LogP contribution >= 0.6 is 0 Å². The Kier molecular flexibility index (Phi) is 4.29. The molecule has 1 spiro atoms. The molecule has 2 aliphatic heterocycles. The Morgan fingerprint density at radius 2 is 2.18 bits per heavy atom. The number of aromatic nitrogens is 2. The highest BCUT2D eigenvalue weighted by Gasteiger charge is 2.48. The lowest BCUT2D eigenvalue weighted by Gasteiger charge is -2.39. The number of ether oxygens (including phenoxy) is 1. The van der Waals surface area contributed by atoms with Crippen LogP contribution in [-0.4, -0.2) is 60.7 Å². The molecule has 1 atom stereocenters. The Hall–Kier alpha value is -1.69. The third kappa shape index (κ3) is 2.79. The molecule has 22 heavy (non-hydrogen) atoms. The number of hydrogen-bond acceptors (Lipinski definition) is 5. The van der Waals surface area contributed by atoms with Crippen LogP contribution in [0.5, 0.6) is 0 Å². The topological polar surface area (TPSA) is 58.6 Å². The van der Waals surface area contributed by atoms with Crippen molar-refractivity contribution in [3.63, 3.8) is 0 Å². The minimum Gasteiger partial charge on any atom is -0.383 e. The van der Waals surface area contributed by atoms with E-state index in [0.717, 1.165) is 50.4 Å². The van der Waals surface area contributed by atoms with E-state index in [1.165, 1.54) is 0 Å². The van der Waals surface area contributed by atoms with Crippen molar-refractivity contribution in [1.82, 2.24) is 14.9 Å². The Labute approximate surface area is 131 Å². The maximum Gasteiger partial charge on any atom is 0.230 e. The van der Waals surface area contributed by atoms with Crippen LogP contribution in [0.2, 0.25) is 0 Å². The van der Waals surface area contributed by atoms with Crippen LogP contribution in [0.1, 0.15) is 25.0 Å². The zero-order valence-electron chi connectivity index (χ0n) is 13.4. The molecule has 1 amide bonds. The summed E-state index contributed by atoms with van der Waals surface area (Å²) in [4.78, 5) is 25.8. The molecule has 6 nitrogen and oxygen atoms in total. The van der Waals surface area contributed by atoms with Gasteiger partial charge in [0.15, 0.2) is 0 Å². The number of carbonyl (C=O) groups is 1.